The van der Waals surface area contributed by atoms with Crippen LogP contribution < -0.4 is 15.2 Å². The van der Waals surface area contributed by atoms with Crippen molar-refractivity contribution in [1.29, 1.82) is 0 Å². The molecule has 2 rings (SSSR count). The molecule has 0 spiro atoms. The smallest absolute Gasteiger partial charge is 0.250 e. The maximum Gasteiger partial charge on any atom is 0.250 e. The van der Waals surface area contributed by atoms with Gasteiger partial charge >= 0.3 is 0 Å². The molecule has 0 fully saturated rings. The predicted octanol–water partition coefficient (Wildman–Crippen LogP) is 2.00. The molecular formula is C13H16N2O3S2. The highest BCUT2D eigenvalue weighted by Gasteiger charge is 2.15. The Morgan fingerprint density at radius 3 is 2.50 bits per heavy atom. The number of anilines is 1. The Bertz CT molecular complexity index is 663. The van der Waals surface area contributed by atoms with Crippen LogP contribution in [0.2, 0.25) is 0 Å². The van der Waals surface area contributed by atoms with Crippen molar-refractivity contribution in [3.05, 3.63) is 41.3 Å². The predicted molar refractivity (Wildman–Crippen MR) is 80.6 cm³/mol. The number of nitrogen functional groups attached to an aromatic ring is 1. The molecule has 20 heavy (non-hydrogen) atoms. The van der Waals surface area contributed by atoms with E-state index in [0.29, 0.717) is 15.6 Å². The van der Waals surface area contributed by atoms with E-state index in [9.17, 15) is 8.42 Å². The van der Waals surface area contributed by atoms with Crippen molar-refractivity contribution in [3.63, 3.8) is 0 Å². The summed E-state index contributed by atoms with van der Waals surface area (Å²) in [6, 6.07) is 10.3. The van der Waals surface area contributed by atoms with Crippen LogP contribution in [0.3, 0.4) is 0 Å². The van der Waals surface area contributed by atoms with Crippen molar-refractivity contribution < 1.29 is 13.2 Å². The van der Waals surface area contributed by atoms with Crippen LogP contribution in [0, 0.1) is 6.92 Å². The Morgan fingerprint density at radius 1 is 1.20 bits per heavy atom. The van der Waals surface area contributed by atoms with Gasteiger partial charge in [-0.1, -0.05) is 0 Å². The summed E-state index contributed by atoms with van der Waals surface area (Å²) in [4.78, 5) is 0.962. The van der Waals surface area contributed by atoms with Gasteiger partial charge in [-0.05, 0) is 43.3 Å². The third-order valence-corrected chi connectivity index (χ3v) is 5.48. The Labute approximate surface area is 122 Å². The Morgan fingerprint density at radius 2 is 1.90 bits per heavy atom. The number of nitrogens with one attached hydrogen (secondary N) is 1. The molecule has 2 aromatic rings. The standard InChI is InChI=1S/C13H16N2O3S2/c1-10-2-7-13(19-10)20(16,17)15-8-9-18-12-5-3-11(14)4-6-12/h2-7,15H,8-9,14H2,1H3. The van der Waals surface area contributed by atoms with Crippen LogP contribution in [0.15, 0.2) is 40.6 Å². The van der Waals surface area contributed by atoms with E-state index in [1.807, 2.05) is 6.92 Å². The van der Waals surface area contributed by atoms with Gasteiger partial charge in [0.1, 0.15) is 16.6 Å². The van der Waals surface area contributed by atoms with Gasteiger partial charge in [-0.15, -0.1) is 11.3 Å². The molecule has 7 heteroatoms. The van der Waals surface area contributed by atoms with Gasteiger partial charge in [0.2, 0.25) is 10.0 Å². The van der Waals surface area contributed by atoms with Gasteiger partial charge in [-0.3, -0.25) is 0 Å². The second kappa shape index (κ2) is 6.25. The second-order valence-corrected chi connectivity index (χ2v) is 7.46. The summed E-state index contributed by atoms with van der Waals surface area (Å²) in [6.45, 7) is 2.34. The van der Waals surface area contributed by atoms with E-state index in [0.717, 1.165) is 4.88 Å². The lowest BCUT2D eigenvalue weighted by atomic mass is 10.3. The summed E-state index contributed by atoms with van der Waals surface area (Å²) >= 11 is 1.25. The normalized spacial score (nSPS) is 11.4. The minimum atomic E-state index is -3.43. The minimum Gasteiger partial charge on any atom is -0.492 e. The fourth-order valence-corrected chi connectivity index (χ4v) is 3.88. The first-order chi connectivity index (χ1) is 9.47. The van der Waals surface area contributed by atoms with Crippen LogP contribution in [0.1, 0.15) is 4.88 Å². The van der Waals surface area contributed by atoms with Crippen LogP contribution in [0.4, 0.5) is 5.69 Å². The number of nitrogens with two attached hydrogens (primary N) is 1. The van der Waals surface area contributed by atoms with Crippen LogP contribution >= 0.6 is 11.3 Å². The van der Waals surface area contributed by atoms with Gasteiger partial charge in [0.05, 0.1) is 0 Å². The molecule has 108 valence electrons. The number of rotatable bonds is 6. The van der Waals surface area contributed by atoms with Gasteiger partial charge in [-0.2, -0.15) is 0 Å². The number of hydrogen-bond acceptors (Lipinski definition) is 5. The molecule has 0 saturated carbocycles. The van der Waals surface area contributed by atoms with E-state index in [2.05, 4.69) is 4.72 Å². The zero-order valence-electron chi connectivity index (χ0n) is 11.0. The van der Waals surface area contributed by atoms with E-state index < -0.39 is 10.0 Å². The molecule has 3 N–H and O–H groups in total. The first kappa shape index (κ1) is 14.8. The number of thiophene rings is 1. The molecule has 0 atom stereocenters. The Kier molecular flexibility index (Phi) is 4.64. The molecule has 0 unspecified atom stereocenters. The van der Waals surface area contributed by atoms with Gasteiger partial charge in [-0.25, -0.2) is 13.1 Å². The number of ether oxygens (including phenoxy) is 1. The molecule has 1 aromatic heterocycles. The van der Waals surface area contributed by atoms with Gasteiger partial charge in [0.15, 0.2) is 0 Å². The zero-order chi connectivity index (χ0) is 14.6. The van der Waals surface area contributed by atoms with Crippen molar-refractivity contribution in [1.82, 2.24) is 4.72 Å². The molecule has 0 radical (unpaired) electrons. The maximum atomic E-state index is 11.9. The molecule has 0 bridgehead atoms. The molecular weight excluding hydrogens is 296 g/mol. The third kappa shape index (κ3) is 3.96. The Balaban J connectivity index is 1.82. The lowest BCUT2D eigenvalue weighted by Gasteiger charge is -2.07. The second-order valence-electron chi connectivity index (χ2n) is 4.18. The zero-order valence-corrected chi connectivity index (χ0v) is 12.6. The summed E-state index contributed by atoms with van der Waals surface area (Å²) in [5.74, 6) is 0.658. The van der Waals surface area contributed by atoms with Crippen LogP contribution in [-0.2, 0) is 10.0 Å². The van der Waals surface area contributed by atoms with Crippen molar-refractivity contribution >= 4 is 27.0 Å². The monoisotopic (exact) mass is 312 g/mol. The summed E-state index contributed by atoms with van der Waals surface area (Å²) < 4.78 is 32.1. The number of benzene rings is 1. The number of sulfonamides is 1. The van der Waals surface area contributed by atoms with Gasteiger partial charge in [0, 0.05) is 17.1 Å². The quantitative estimate of drug-likeness (QED) is 0.631. The Hall–Kier alpha value is -1.57. The van der Waals surface area contributed by atoms with Crippen LogP contribution in [-0.4, -0.2) is 21.6 Å². The lowest BCUT2D eigenvalue weighted by Crippen LogP contribution is -2.27. The summed E-state index contributed by atoms with van der Waals surface area (Å²) in [5, 5.41) is 0. The minimum absolute atomic E-state index is 0.212. The van der Waals surface area contributed by atoms with E-state index in [1.165, 1.54) is 11.3 Å². The summed E-state index contributed by atoms with van der Waals surface area (Å²) in [6.07, 6.45) is 0. The average molecular weight is 312 g/mol. The SMILES string of the molecule is Cc1ccc(S(=O)(=O)NCCOc2ccc(N)cc2)s1. The van der Waals surface area contributed by atoms with Crippen LogP contribution in [0.5, 0.6) is 5.75 Å². The van der Waals surface area contributed by atoms with Crippen LogP contribution in [0.25, 0.3) is 0 Å². The topological polar surface area (TPSA) is 81.4 Å². The first-order valence-corrected chi connectivity index (χ1v) is 8.32. The molecule has 1 aromatic carbocycles. The molecule has 0 saturated heterocycles. The van der Waals surface area contributed by atoms with Crippen molar-refractivity contribution in [2.75, 3.05) is 18.9 Å². The number of hydrogen-bond donors (Lipinski definition) is 2. The van der Waals surface area contributed by atoms with Gasteiger partial charge in [0.25, 0.3) is 0 Å². The average Bonchev–Trinajstić information content (AvgIpc) is 2.84. The highest BCUT2D eigenvalue weighted by atomic mass is 32.2. The summed E-state index contributed by atoms with van der Waals surface area (Å²) in [7, 11) is -3.43. The molecule has 5 nitrogen and oxygen atoms in total. The van der Waals surface area contributed by atoms with Crippen molar-refractivity contribution in [3.8, 4) is 5.75 Å². The van der Waals surface area contributed by atoms with Crippen molar-refractivity contribution in [2.24, 2.45) is 0 Å². The van der Waals surface area contributed by atoms with E-state index in [1.54, 1.807) is 36.4 Å². The largest absolute Gasteiger partial charge is 0.492 e. The fraction of sp³-hybridized carbons (Fsp3) is 0.231. The molecule has 0 aliphatic carbocycles. The summed E-state index contributed by atoms with van der Waals surface area (Å²) in [5.41, 5.74) is 6.22. The lowest BCUT2D eigenvalue weighted by molar-refractivity contribution is 0.323. The van der Waals surface area contributed by atoms with Crippen molar-refractivity contribution in [2.45, 2.75) is 11.1 Å². The fourth-order valence-electron chi connectivity index (χ4n) is 1.54. The molecule has 0 amide bonds. The highest BCUT2D eigenvalue weighted by Crippen LogP contribution is 2.20. The van der Waals surface area contributed by atoms with E-state index in [-0.39, 0.29) is 13.2 Å². The first-order valence-electron chi connectivity index (χ1n) is 6.02. The third-order valence-electron chi connectivity index (χ3n) is 2.52. The maximum absolute atomic E-state index is 11.9. The molecule has 1 heterocycles. The van der Waals surface area contributed by atoms with Gasteiger partial charge < -0.3 is 10.5 Å². The van der Waals surface area contributed by atoms with E-state index >= 15 is 0 Å². The highest BCUT2D eigenvalue weighted by molar-refractivity contribution is 7.91. The molecule has 0 aliphatic heterocycles. The van der Waals surface area contributed by atoms with E-state index in [4.69, 9.17) is 10.5 Å². The molecule has 0 aliphatic rings. The number of aryl methyl sites for hydroxylation is 1.